The summed E-state index contributed by atoms with van der Waals surface area (Å²) < 4.78 is 22.1. The van der Waals surface area contributed by atoms with Crippen molar-refractivity contribution in [2.45, 2.75) is 37.8 Å². The number of furan rings is 2. The van der Waals surface area contributed by atoms with Crippen molar-refractivity contribution in [1.29, 1.82) is 0 Å². The van der Waals surface area contributed by atoms with Gasteiger partial charge in [0.05, 0.1) is 39.0 Å². The van der Waals surface area contributed by atoms with Gasteiger partial charge < -0.3 is 40.0 Å². The minimum atomic E-state index is -1.82. The molecule has 2 fully saturated rings. The summed E-state index contributed by atoms with van der Waals surface area (Å²) >= 11 is 0. The van der Waals surface area contributed by atoms with Gasteiger partial charge in [-0.15, -0.1) is 0 Å². The molecule has 0 aliphatic carbocycles. The number of likely N-dealkylation sites (tertiary alicyclic amines) is 2. The second kappa shape index (κ2) is 18.4. The van der Waals surface area contributed by atoms with Crippen molar-refractivity contribution in [3.8, 4) is 0 Å². The molecular formula is C34H46N4O8. The van der Waals surface area contributed by atoms with Gasteiger partial charge in [-0.05, 0) is 86.3 Å². The van der Waals surface area contributed by atoms with Crippen molar-refractivity contribution in [3.05, 3.63) is 72.2 Å². The zero-order valence-corrected chi connectivity index (χ0v) is 26.2. The number of carbonyl (C=O) groups is 2. The van der Waals surface area contributed by atoms with Crippen molar-refractivity contribution >= 4 is 33.9 Å². The number of rotatable bonds is 12. The standard InChI is InChI=1S/2C16H22N2O2.C2H2O4/c2*17-15-3-6-18(12-15)7-10-19-8-4-13-1-2-16-14(11-13)5-9-20-16;3-1(4)2(5)6/h2*1-2,5,9,11,15H,3-4,6-8,10,12,17H2;(H,3,4)(H,5,6). The van der Waals surface area contributed by atoms with Crippen LogP contribution in [0.5, 0.6) is 0 Å². The van der Waals surface area contributed by atoms with Crippen LogP contribution in [0.15, 0.2) is 69.9 Å². The number of hydrogen-bond acceptors (Lipinski definition) is 10. The number of carboxylic acid groups (broad SMARTS) is 2. The topological polar surface area (TPSA) is 178 Å². The molecule has 0 bridgehead atoms. The maximum atomic E-state index is 9.10. The molecule has 2 saturated heterocycles. The molecule has 12 heteroatoms. The van der Waals surface area contributed by atoms with E-state index in [0.717, 1.165) is 113 Å². The molecule has 2 aromatic carbocycles. The van der Waals surface area contributed by atoms with Gasteiger partial charge in [0.2, 0.25) is 0 Å². The van der Waals surface area contributed by atoms with E-state index in [0.29, 0.717) is 12.1 Å². The molecule has 2 aromatic heterocycles. The van der Waals surface area contributed by atoms with Crippen molar-refractivity contribution in [2.24, 2.45) is 11.5 Å². The summed E-state index contributed by atoms with van der Waals surface area (Å²) in [6.07, 6.45) is 7.58. The lowest BCUT2D eigenvalue weighted by molar-refractivity contribution is -0.159. The number of carboxylic acids is 2. The number of aliphatic carboxylic acids is 2. The first-order valence-electron chi connectivity index (χ1n) is 15.8. The van der Waals surface area contributed by atoms with Gasteiger partial charge in [-0.1, -0.05) is 12.1 Å². The third-order valence-electron chi connectivity index (χ3n) is 8.01. The molecule has 2 aliphatic heterocycles. The minimum Gasteiger partial charge on any atom is -0.473 e. The third-order valence-corrected chi connectivity index (χ3v) is 8.01. The van der Waals surface area contributed by atoms with Crippen LogP contribution in [0.4, 0.5) is 0 Å². The molecule has 2 unspecified atom stereocenters. The lowest BCUT2D eigenvalue weighted by Gasteiger charge is -2.14. The Hall–Kier alpha value is -3.78. The second-order valence-corrected chi connectivity index (χ2v) is 11.6. The third kappa shape index (κ3) is 11.9. The Balaban J connectivity index is 0.000000178. The Bertz CT molecular complexity index is 1390. The molecular weight excluding hydrogens is 592 g/mol. The van der Waals surface area contributed by atoms with Crippen LogP contribution in [0.25, 0.3) is 21.9 Å². The predicted molar refractivity (Wildman–Crippen MR) is 175 cm³/mol. The van der Waals surface area contributed by atoms with Gasteiger partial charge in [0.25, 0.3) is 0 Å². The van der Waals surface area contributed by atoms with Crippen molar-refractivity contribution in [1.82, 2.24) is 9.80 Å². The quantitative estimate of drug-likeness (QED) is 0.132. The van der Waals surface area contributed by atoms with E-state index in [1.54, 1.807) is 12.5 Å². The van der Waals surface area contributed by atoms with Gasteiger partial charge in [0.15, 0.2) is 0 Å². The normalized spacial score (nSPS) is 18.3. The highest BCUT2D eigenvalue weighted by Gasteiger charge is 2.19. The summed E-state index contributed by atoms with van der Waals surface area (Å²) in [4.78, 5) is 23.0. The Morgan fingerprint density at radius 2 is 1.13 bits per heavy atom. The minimum absolute atomic E-state index is 0.358. The van der Waals surface area contributed by atoms with Gasteiger partial charge >= 0.3 is 11.9 Å². The van der Waals surface area contributed by atoms with Crippen molar-refractivity contribution in [3.63, 3.8) is 0 Å². The van der Waals surface area contributed by atoms with Gasteiger partial charge in [-0.25, -0.2) is 9.59 Å². The number of benzene rings is 2. The molecule has 0 radical (unpaired) electrons. The monoisotopic (exact) mass is 638 g/mol. The van der Waals surface area contributed by atoms with Gasteiger partial charge in [-0.2, -0.15) is 0 Å². The van der Waals surface area contributed by atoms with E-state index in [1.807, 2.05) is 24.3 Å². The molecule has 0 saturated carbocycles. The van der Waals surface area contributed by atoms with Crippen molar-refractivity contribution < 1.29 is 38.1 Å². The van der Waals surface area contributed by atoms with E-state index in [-0.39, 0.29) is 0 Å². The number of ether oxygens (including phenoxy) is 2. The van der Waals surface area contributed by atoms with Crippen LogP contribution in [0.3, 0.4) is 0 Å². The lowest BCUT2D eigenvalue weighted by atomic mass is 10.1. The average Bonchev–Trinajstić information content (AvgIpc) is 3.85. The van der Waals surface area contributed by atoms with Crippen LogP contribution in [0.1, 0.15) is 24.0 Å². The Labute approximate surface area is 268 Å². The SMILES string of the molecule is NC1CCN(CCOCCc2ccc3occc3c2)C1.NC1CCN(CCOCCc2ccc3occc3c2)C1.O=C(O)C(=O)O. The summed E-state index contributed by atoms with van der Waals surface area (Å²) in [5.41, 5.74) is 16.2. The summed E-state index contributed by atoms with van der Waals surface area (Å²) in [6.45, 7) is 9.36. The molecule has 2 atom stereocenters. The van der Waals surface area contributed by atoms with Gasteiger partial charge in [0, 0.05) is 49.0 Å². The smallest absolute Gasteiger partial charge is 0.414 e. The lowest BCUT2D eigenvalue weighted by Crippen LogP contribution is -2.29. The molecule has 12 nitrogen and oxygen atoms in total. The molecule has 0 amide bonds. The molecule has 6 rings (SSSR count). The Kier molecular flexibility index (Phi) is 14.0. The predicted octanol–water partition coefficient (Wildman–Crippen LogP) is 3.21. The van der Waals surface area contributed by atoms with Crippen LogP contribution < -0.4 is 11.5 Å². The summed E-state index contributed by atoms with van der Waals surface area (Å²) in [5.74, 6) is -3.65. The van der Waals surface area contributed by atoms with Crippen LogP contribution in [-0.4, -0.2) is 110 Å². The van der Waals surface area contributed by atoms with E-state index in [1.165, 1.54) is 11.1 Å². The van der Waals surface area contributed by atoms with Gasteiger partial charge in [-0.3, -0.25) is 9.80 Å². The highest BCUT2D eigenvalue weighted by molar-refractivity contribution is 6.27. The van der Waals surface area contributed by atoms with Crippen LogP contribution in [0, 0.1) is 0 Å². The maximum absolute atomic E-state index is 9.10. The number of fused-ring (bicyclic) bond motifs is 2. The molecule has 250 valence electrons. The highest BCUT2D eigenvalue weighted by Crippen LogP contribution is 2.18. The first-order chi connectivity index (χ1) is 22.3. The van der Waals surface area contributed by atoms with E-state index >= 15 is 0 Å². The fourth-order valence-electron chi connectivity index (χ4n) is 5.45. The van der Waals surface area contributed by atoms with Crippen LogP contribution >= 0.6 is 0 Å². The van der Waals surface area contributed by atoms with E-state index in [4.69, 9.17) is 49.6 Å². The fraction of sp³-hybridized carbons (Fsp3) is 0.471. The average molecular weight is 639 g/mol. The molecule has 6 N–H and O–H groups in total. The first-order valence-corrected chi connectivity index (χ1v) is 15.8. The second-order valence-electron chi connectivity index (χ2n) is 11.6. The largest absolute Gasteiger partial charge is 0.473 e. The van der Waals surface area contributed by atoms with E-state index in [9.17, 15) is 0 Å². The highest BCUT2D eigenvalue weighted by atomic mass is 16.5. The molecule has 4 heterocycles. The Morgan fingerprint density at radius 1 is 0.696 bits per heavy atom. The van der Waals surface area contributed by atoms with Crippen LogP contribution in [0.2, 0.25) is 0 Å². The summed E-state index contributed by atoms with van der Waals surface area (Å²) in [7, 11) is 0. The number of nitrogens with zero attached hydrogens (tertiary/aromatic N) is 2. The van der Waals surface area contributed by atoms with E-state index < -0.39 is 11.9 Å². The van der Waals surface area contributed by atoms with E-state index in [2.05, 4.69) is 34.1 Å². The number of hydrogen-bond donors (Lipinski definition) is 4. The maximum Gasteiger partial charge on any atom is 0.414 e. The van der Waals surface area contributed by atoms with Gasteiger partial charge in [0.1, 0.15) is 11.2 Å². The zero-order valence-electron chi connectivity index (χ0n) is 26.2. The molecule has 0 spiro atoms. The van der Waals surface area contributed by atoms with Crippen LogP contribution in [-0.2, 0) is 31.9 Å². The molecule has 46 heavy (non-hydrogen) atoms. The summed E-state index contributed by atoms with van der Waals surface area (Å²) in [6, 6.07) is 17.3. The zero-order chi connectivity index (χ0) is 32.7. The summed E-state index contributed by atoms with van der Waals surface area (Å²) in [5, 5.41) is 17.1. The Morgan fingerprint density at radius 3 is 1.50 bits per heavy atom. The molecule has 4 aromatic rings. The van der Waals surface area contributed by atoms with Crippen molar-refractivity contribution in [2.75, 3.05) is 65.7 Å². The fourth-order valence-corrected chi connectivity index (χ4v) is 5.45. The molecule has 2 aliphatic rings. The number of nitrogens with two attached hydrogens (primary N) is 2. The first kappa shape index (κ1) is 35.1.